The summed E-state index contributed by atoms with van der Waals surface area (Å²) >= 11 is 2.07. The summed E-state index contributed by atoms with van der Waals surface area (Å²) in [4.78, 5) is 2.48. The third kappa shape index (κ3) is 3.33. The lowest BCUT2D eigenvalue weighted by Crippen LogP contribution is -2.39. The van der Waals surface area contributed by atoms with Crippen LogP contribution < -0.4 is 10.5 Å². The van der Waals surface area contributed by atoms with E-state index in [1.165, 1.54) is 5.56 Å². The lowest BCUT2D eigenvalue weighted by molar-refractivity contribution is 0.263. The minimum absolute atomic E-state index is 0.695. The number of benzene rings is 1. The van der Waals surface area contributed by atoms with Gasteiger partial charge in [-0.1, -0.05) is 13.8 Å². The molecular formula is C14H22N2OS. The summed E-state index contributed by atoms with van der Waals surface area (Å²) < 4.78 is 5.26. The van der Waals surface area contributed by atoms with Crippen LogP contribution in [-0.4, -0.2) is 35.6 Å². The summed E-state index contributed by atoms with van der Waals surface area (Å²) in [6, 6.07) is 5.89. The highest BCUT2D eigenvalue weighted by atomic mass is 32.2. The van der Waals surface area contributed by atoms with Crippen molar-refractivity contribution >= 4 is 17.4 Å². The van der Waals surface area contributed by atoms with Crippen LogP contribution >= 0.6 is 11.8 Å². The fraction of sp³-hybridized carbons (Fsp3) is 0.571. The molecule has 2 atom stereocenters. The number of thioether (sulfide) groups is 1. The van der Waals surface area contributed by atoms with E-state index in [2.05, 4.69) is 30.5 Å². The molecule has 1 aliphatic heterocycles. The largest absolute Gasteiger partial charge is 0.497 e. The molecule has 2 rings (SSSR count). The Bertz CT molecular complexity index is 401. The van der Waals surface area contributed by atoms with Gasteiger partial charge in [0.2, 0.25) is 0 Å². The molecule has 18 heavy (non-hydrogen) atoms. The number of anilines is 1. The van der Waals surface area contributed by atoms with Crippen molar-refractivity contribution in [2.75, 3.05) is 25.9 Å². The van der Waals surface area contributed by atoms with Gasteiger partial charge in [-0.25, -0.2) is 0 Å². The standard InChI is InChI=1S/C14H22N2OS/c1-10-7-16(8-11(2)18-10)9-12-6-13(17-3)4-5-14(12)15/h4-6,10-11H,7-9,15H2,1-3H3. The van der Waals surface area contributed by atoms with Gasteiger partial charge in [-0.15, -0.1) is 0 Å². The Morgan fingerprint density at radius 1 is 1.33 bits per heavy atom. The number of nitrogens with two attached hydrogens (primary N) is 1. The summed E-state index contributed by atoms with van der Waals surface area (Å²) in [5.41, 5.74) is 8.07. The number of nitrogens with zero attached hydrogens (tertiary/aromatic N) is 1. The van der Waals surface area contributed by atoms with Crippen molar-refractivity contribution in [2.24, 2.45) is 0 Å². The Kier molecular flexibility index (Phi) is 4.40. The van der Waals surface area contributed by atoms with Crippen molar-refractivity contribution in [3.8, 4) is 5.75 Å². The molecule has 2 unspecified atom stereocenters. The minimum Gasteiger partial charge on any atom is -0.497 e. The average Bonchev–Trinajstić information content (AvgIpc) is 2.30. The quantitative estimate of drug-likeness (QED) is 0.854. The lowest BCUT2D eigenvalue weighted by Gasteiger charge is -2.34. The Balaban J connectivity index is 2.08. The molecule has 1 aliphatic rings. The van der Waals surface area contributed by atoms with Gasteiger partial charge < -0.3 is 10.5 Å². The van der Waals surface area contributed by atoms with Crippen molar-refractivity contribution in [3.05, 3.63) is 23.8 Å². The minimum atomic E-state index is 0.695. The maximum Gasteiger partial charge on any atom is 0.119 e. The molecule has 1 fully saturated rings. The molecule has 0 bridgehead atoms. The first-order valence-electron chi connectivity index (χ1n) is 6.38. The van der Waals surface area contributed by atoms with E-state index in [1.807, 2.05) is 18.2 Å². The second-order valence-corrected chi connectivity index (χ2v) is 6.90. The van der Waals surface area contributed by atoms with Gasteiger partial charge in [-0.2, -0.15) is 11.8 Å². The van der Waals surface area contributed by atoms with E-state index in [1.54, 1.807) is 7.11 Å². The lowest BCUT2D eigenvalue weighted by atomic mass is 10.1. The van der Waals surface area contributed by atoms with Crippen molar-refractivity contribution < 1.29 is 4.74 Å². The van der Waals surface area contributed by atoms with Gasteiger partial charge in [0, 0.05) is 35.8 Å². The number of rotatable bonds is 3. The zero-order valence-electron chi connectivity index (χ0n) is 11.3. The highest BCUT2D eigenvalue weighted by molar-refractivity contribution is 8.00. The normalized spacial score (nSPS) is 25.1. The third-order valence-corrected chi connectivity index (χ3v) is 4.47. The van der Waals surface area contributed by atoms with Crippen molar-refractivity contribution in [2.45, 2.75) is 30.9 Å². The number of nitrogen functional groups attached to an aromatic ring is 1. The number of ether oxygens (including phenoxy) is 1. The summed E-state index contributed by atoms with van der Waals surface area (Å²) in [7, 11) is 1.69. The molecule has 0 aromatic heterocycles. The smallest absolute Gasteiger partial charge is 0.119 e. The van der Waals surface area contributed by atoms with Crippen LogP contribution in [0.2, 0.25) is 0 Å². The second-order valence-electron chi connectivity index (χ2n) is 5.02. The van der Waals surface area contributed by atoms with Crippen molar-refractivity contribution in [1.29, 1.82) is 0 Å². The van der Waals surface area contributed by atoms with Crippen molar-refractivity contribution in [1.82, 2.24) is 4.90 Å². The van der Waals surface area contributed by atoms with Crippen LogP contribution in [0.3, 0.4) is 0 Å². The van der Waals surface area contributed by atoms with Gasteiger partial charge in [0.05, 0.1) is 7.11 Å². The van der Waals surface area contributed by atoms with Crippen LogP contribution in [0, 0.1) is 0 Å². The van der Waals surface area contributed by atoms with Crippen LogP contribution in [0.1, 0.15) is 19.4 Å². The van der Waals surface area contributed by atoms with Gasteiger partial charge in [0.1, 0.15) is 5.75 Å². The number of methoxy groups -OCH3 is 1. The van der Waals surface area contributed by atoms with E-state index in [0.29, 0.717) is 10.5 Å². The van der Waals surface area contributed by atoms with E-state index >= 15 is 0 Å². The van der Waals surface area contributed by atoms with E-state index in [9.17, 15) is 0 Å². The molecule has 0 amide bonds. The first-order valence-corrected chi connectivity index (χ1v) is 7.33. The first-order chi connectivity index (χ1) is 8.58. The highest BCUT2D eigenvalue weighted by Crippen LogP contribution is 2.27. The summed E-state index contributed by atoms with van der Waals surface area (Å²) in [6.45, 7) is 7.76. The van der Waals surface area contributed by atoms with Crippen LogP contribution in [0.15, 0.2) is 18.2 Å². The Labute approximate surface area is 114 Å². The molecule has 2 N–H and O–H groups in total. The SMILES string of the molecule is COc1ccc(N)c(CN2CC(C)SC(C)C2)c1. The average molecular weight is 266 g/mol. The van der Waals surface area contributed by atoms with E-state index < -0.39 is 0 Å². The van der Waals surface area contributed by atoms with Gasteiger partial charge in [0.15, 0.2) is 0 Å². The predicted molar refractivity (Wildman–Crippen MR) is 79.2 cm³/mol. The Hall–Kier alpha value is -0.870. The maximum atomic E-state index is 6.04. The highest BCUT2D eigenvalue weighted by Gasteiger charge is 2.22. The predicted octanol–water partition coefficient (Wildman–Crippen LogP) is 2.60. The molecule has 0 saturated carbocycles. The molecule has 1 heterocycles. The molecule has 1 aromatic carbocycles. The summed E-state index contributed by atoms with van der Waals surface area (Å²) in [5, 5.41) is 1.39. The zero-order chi connectivity index (χ0) is 13.1. The third-order valence-electron chi connectivity index (χ3n) is 3.24. The molecule has 3 nitrogen and oxygen atoms in total. The summed E-state index contributed by atoms with van der Waals surface area (Å²) in [5.74, 6) is 0.881. The van der Waals surface area contributed by atoms with Gasteiger partial charge in [0.25, 0.3) is 0 Å². The molecule has 4 heteroatoms. The number of hydrogen-bond donors (Lipinski definition) is 1. The number of hydrogen-bond acceptors (Lipinski definition) is 4. The zero-order valence-corrected chi connectivity index (χ0v) is 12.2. The van der Waals surface area contributed by atoms with Crippen molar-refractivity contribution in [3.63, 3.8) is 0 Å². The fourth-order valence-electron chi connectivity index (χ4n) is 2.50. The van der Waals surface area contributed by atoms with Crippen LogP contribution in [0.4, 0.5) is 5.69 Å². The van der Waals surface area contributed by atoms with Crippen LogP contribution in [0.5, 0.6) is 5.75 Å². The Morgan fingerprint density at radius 3 is 2.61 bits per heavy atom. The second kappa shape index (κ2) is 5.85. The monoisotopic (exact) mass is 266 g/mol. The molecule has 0 aliphatic carbocycles. The Morgan fingerprint density at radius 2 is 2.00 bits per heavy atom. The molecule has 1 saturated heterocycles. The summed E-state index contributed by atoms with van der Waals surface area (Å²) in [6.07, 6.45) is 0. The fourth-order valence-corrected chi connectivity index (χ4v) is 3.89. The maximum absolute atomic E-state index is 6.04. The first kappa shape index (κ1) is 13.6. The van der Waals surface area contributed by atoms with Gasteiger partial charge in [-0.3, -0.25) is 4.90 Å². The molecule has 0 spiro atoms. The van der Waals surface area contributed by atoms with Crippen LogP contribution in [-0.2, 0) is 6.54 Å². The molecule has 0 radical (unpaired) electrons. The molecule has 1 aromatic rings. The topological polar surface area (TPSA) is 38.5 Å². The van der Waals surface area contributed by atoms with E-state index in [-0.39, 0.29) is 0 Å². The van der Waals surface area contributed by atoms with E-state index in [0.717, 1.165) is 31.1 Å². The molecular weight excluding hydrogens is 244 g/mol. The van der Waals surface area contributed by atoms with E-state index in [4.69, 9.17) is 10.5 Å². The van der Waals surface area contributed by atoms with Gasteiger partial charge in [-0.05, 0) is 23.8 Å². The van der Waals surface area contributed by atoms with Crippen LogP contribution in [0.25, 0.3) is 0 Å². The molecule has 100 valence electrons. The van der Waals surface area contributed by atoms with Gasteiger partial charge >= 0.3 is 0 Å².